The zero-order valence-corrected chi connectivity index (χ0v) is 13.0. The third-order valence-electron chi connectivity index (χ3n) is 4.03. The van der Waals surface area contributed by atoms with Gasteiger partial charge in [0.15, 0.2) is 0 Å². The molecule has 2 aromatic heterocycles. The highest BCUT2D eigenvalue weighted by Gasteiger charge is 2.27. The van der Waals surface area contributed by atoms with Crippen molar-refractivity contribution in [3.05, 3.63) is 30.4 Å². The molecule has 1 fully saturated rings. The van der Waals surface area contributed by atoms with Crippen molar-refractivity contribution in [3.63, 3.8) is 0 Å². The van der Waals surface area contributed by atoms with Gasteiger partial charge >= 0.3 is 0 Å². The van der Waals surface area contributed by atoms with Gasteiger partial charge in [-0.25, -0.2) is 4.52 Å². The van der Waals surface area contributed by atoms with Gasteiger partial charge in [-0.3, -0.25) is 9.78 Å². The number of amides is 1. The summed E-state index contributed by atoms with van der Waals surface area (Å²) in [6, 6.07) is 0. The summed E-state index contributed by atoms with van der Waals surface area (Å²) in [5.74, 6) is 0.721. The van der Waals surface area contributed by atoms with Crippen LogP contribution in [0.2, 0.25) is 0 Å². The molecule has 0 N–H and O–H groups in total. The molecule has 1 amide bonds. The summed E-state index contributed by atoms with van der Waals surface area (Å²) in [5, 5.41) is 4.20. The minimum absolute atomic E-state index is 0.0636. The molecule has 20 heavy (non-hydrogen) atoms. The van der Waals surface area contributed by atoms with E-state index in [1.165, 1.54) is 0 Å². The predicted molar refractivity (Wildman–Crippen MR) is 80.0 cm³/mol. The van der Waals surface area contributed by atoms with E-state index in [-0.39, 0.29) is 5.91 Å². The molecule has 1 aliphatic rings. The first-order chi connectivity index (χ1) is 9.66. The fourth-order valence-corrected chi connectivity index (χ4v) is 3.26. The van der Waals surface area contributed by atoms with Crippen LogP contribution >= 0.6 is 15.9 Å². The molecule has 0 aromatic carbocycles. The highest BCUT2D eigenvalue weighted by atomic mass is 79.9. The Bertz CT molecular complexity index is 616. The van der Waals surface area contributed by atoms with Crippen LogP contribution in [0.1, 0.15) is 30.1 Å². The summed E-state index contributed by atoms with van der Waals surface area (Å²) in [5.41, 5.74) is 1.41. The number of aromatic nitrogens is 3. The first-order valence-corrected chi connectivity index (χ1v) is 7.79. The van der Waals surface area contributed by atoms with E-state index in [0.29, 0.717) is 16.3 Å². The summed E-state index contributed by atoms with van der Waals surface area (Å²) in [6.45, 7) is 3.81. The zero-order chi connectivity index (χ0) is 14.1. The summed E-state index contributed by atoms with van der Waals surface area (Å²) in [4.78, 5) is 19.1. The highest BCUT2D eigenvalue weighted by Crippen LogP contribution is 2.26. The summed E-state index contributed by atoms with van der Waals surface area (Å²) in [6.07, 6.45) is 8.85. The second-order valence-corrected chi connectivity index (χ2v) is 6.72. The first kappa shape index (κ1) is 13.5. The molecule has 0 spiro atoms. The standard InChI is InChI=1S/C14H17BrN4O/c1-10(15)11-2-5-18(6-3-11)14(20)12-8-17-19-7-4-16-9-13(12)19/h4,7-11H,2-3,5-6H2,1H3. The number of piperidine rings is 1. The van der Waals surface area contributed by atoms with Crippen LogP contribution in [-0.2, 0) is 0 Å². The Balaban J connectivity index is 1.77. The monoisotopic (exact) mass is 336 g/mol. The second-order valence-electron chi connectivity index (χ2n) is 5.27. The SMILES string of the molecule is CC(Br)C1CCN(C(=O)c2cnn3ccncc23)CC1. The topological polar surface area (TPSA) is 50.5 Å². The normalized spacial score (nSPS) is 18.4. The van der Waals surface area contributed by atoms with Gasteiger partial charge in [0, 0.05) is 30.3 Å². The van der Waals surface area contributed by atoms with Gasteiger partial charge in [0.25, 0.3) is 5.91 Å². The van der Waals surface area contributed by atoms with Crippen molar-refractivity contribution in [3.8, 4) is 0 Å². The largest absolute Gasteiger partial charge is 0.339 e. The van der Waals surface area contributed by atoms with Crippen molar-refractivity contribution in [1.82, 2.24) is 19.5 Å². The summed E-state index contributed by atoms with van der Waals surface area (Å²) in [7, 11) is 0. The third kappa shape index (κ3) is 2.44. The van der Waals surface area contributed by atoms with E-state index in [4.69, 9.17) is 0 Å². The fourth-order valence-electron chi connectivity index (χ4n) is 2.73. The van der Waals surface area contributed by atoms with Crippen molar-refractivity contribution in [2.75, 3.05) is 13.1 Å². The van der Waals surface area contributed by atoms with Gasteiger partial charge in [-0.05, 0) is 18.8 Å². The van der Waals surface area contributed by atoms with Gasteiger partial charge in [-0.1, -0.05) is 22.9 Å². The van der Waals surface area contributed by atoms with Crippen LogP contribution in [0.5, 0.6) is 0 Å². The lowest BCUT2D eigenvalue weighted by molar-refractivity contribution is 0.0693. The number of hydrogen-bond acceptors (Lipinski definition) is 3. The van der Waals surface area contributed by atoms with Gasteiger partial charge < -0.3 is 4.90 Å². The molecule has 0 saturated carbocycles. The van der Waals surface area contributed by atoms with E-state index in [1.807, 2.05) is 4.90 Å². The van der Waals surface area contributed by atoms with E-state index in [9.17, 15) is 4.79 Å². The van der Waals surface area contributed by atoms with Crippen LogP contribution in [0.3, 0.4) is 0 Å². The van der Waals surface area contributed by atoms with Crippen molar-refractivity contribution in [1.29, 1.82) is 0 Å². The maximum Gasteiger partial charge on any atom is 0.257 e. The van der Waals surface area contributed by atoms with E-state index in [2.05, 4.69) is 32.9 Å². The Morgan fingerprint density at radius 1 is 1.40 bits per heavy atom. The molecule has 0 bridgehead atoms. The number of alkyl halides is 1. The fraction of sp³-hybridized carbons (Fsp3) is 0.500. The Kier molecular flexibility index (Phi) is 3.74. The molecule has 3 rings (SSSR count). The molecule has 6 heteroatoms. The average Bonchev–Trinajstić information content (AvgIpc) is 2.90. The molecule has 5 nitrogen and oxygen atoms in total. The number of nitrogens with zero attached hydrogens (tertiary/aromatic N) is 4. The minimum atomic E-state index is 0.0636. The molecule has 1 atom stereocenters. The lowest BCUT2D eigenvalue weighted by Crippen LogP contribution is -2.39. The number of carbonyl (C=O) groups is 1. The summed E-state index contributed by atoms with van der Waals surface area (Å²) >= 11 is 3.64. The molecule has 1 unspecified atom stereocenters. The van der Waals surface area contributed by atoms with Crippen molar-refractivity contribution >= 4 is 27.4 Å². The van der Waals surface area contributed by atoms with Crippen LogP contribution in [-0.4, -0.2) is 43.3 Å². The number of carbonyl (C=O) groups excluding carboxylic acids is 1. The first-order valence-electron chi connectivity index (χ1n) is 6.87. The van der Waals surface area contributed by atoms with E-state index in [0.717, 1.165) is 31.4 Å². The Morgan fingerprint density at radius 2 is 2.15 bits per heavy atom. The molecule has 106 valence electrons. The van der Waals surface area contributed by atoms with Crippen LogP contribution in [0.25, 0.3) is 5.52 Å². The maximum absolute atomic E-state index is 12.6. The molecule has 1 aliphatic heterocycles. The minimum Gasteiger partial charge on any atom is -0.339 e. The zero-order valence-electron chi connectivity index (χ0n) is 11.4. The predicted octanol–water partition coefficient (Wildman–Crippen LogP) is 2.36. The lowest BCUT2D eigenvalue weighted by Gasteiger charge is -2.33. The molecule has 1 saturated heterocycles. The second kappa shape index (κ2) is 5.52. The number of likely N-dealkylation sites (tertiary alicyclic amines) is 1. The van der Waals surface area contributed by atoms with Crippen LogP contribution in [0.4, 0.5) is 0 Å². The third-order valence-corrected chi connectivity index (χ3v) is 4.78. The highest BCUT2D eigenvalue weighted by molar-refractivity contribution is 9.09. The van der Waals surface area contributed by atoms with Crippen molar-refractivity contribution < 1.29 is 4.79 Å². The number of hydrogen-bond donors (Lipinski definition) is 0. The molecular formula is C14H17BrN4O. The van der Waals surface area contributed by atoms with Crippen molar-refractivity contribution in [2.45, 2.75) is 24.6 Å². The quantitative estimate of drug-likeness (QED) is 0.791. The number of rotatable bonds is 2. The summed E-state index contributed by atoms with van der Waals surface area (Å²) < 4.78 is 1.69. The van der Waals surface area contributed by atoms with Gasteiger partial charge in [0.2, 0.25) is 0 Å². The number of fused-ring (bicyclic) bond motifs is 1. The molecule has 3 heterocycles. The lowest BCUT2D eigenvalue weighted by atomic mass is 9.94. The number of halogens is 1. The molecule has 0 radical (unpaired) electrons. The molecule has 2 aromatic rings. The Hall–Kier alpha value is -1.43. The van der Waals surface area contributed by atoms with Gasteiger partial charge in [0.05, 0.1) is 23.5 Å². The van der Waals surface area contributed by atoms with E-state index < -0.39 is 0 Å². The van der Waals surface area contributed by atoms with Crippen molar-refractivity contribution in [2.24, 2.45) is 5.92 Å². The maximum atomic E-state index is 12.6. The molecular weight excluding hydrogens is 320 g/mol. The average molecular weight is 337 g/mol. The smallest absolute Gasteiger partial charge is 0.257 e. The van der Waals surface area contributed by atoms with Gasteiger partial charge in [0.1, 0.15) is 0 Å². The Morgan fingerprint density at radius 3 is 2.85 bits per heavy atom. The Labute approximate surface area is 126 Å². The van der Waals surface area contributed by atoms with Crippen LogP contribution in [0.15, 0.2) is 24.8 Å². The molecule has 0 aliphatic carbocycles. The van der Waals surface area contributed by atoms with Crippen LogP contribution in [0, 0.1) is 5.92 Å². The van der Waals surface area contributed by atoms with Gasteiger partial charge in [-0.2, -0.15) is 5.10 Å². The van der Waals surface area contributed by atoms with E-state index in [1.54, 1.807) is 29.3 Å². The van der Waals surface area contributed by atoms with Gasteiger partial charge in [-0.15, -0.1) is 0 Å². The van der Waals surface area contributed by atoms with Crippen LogP contribution < -0.4 is 0 Å². The van der Waals surface area contributed by atoms with E-state index >= 15 is 0 Å².